The van der Waals surface area contributed by atoms with Crippen LogP contribution in [-0.2, 0) is 0 Å². The van der Waals surface area contributed by atoms with Crippen molar-refractivity contribution in [3.05, 3.63) is 34.9 Å². The SMILES string of the molecule is O=C(CN(CCO)CC(F)(F)F)c1ccccc1Cl. The maximum atomic E-state index is 12.3. The second kappa shape index (κ2) is 6.88. The van der Waals surface area contributed by atoms with Crippen LogP contribution in [-0.4, -0.2) is 48.2 Å². The summed E-state index contributed by atoms with van der Waals surface area (Å²) in [5.74, 6) is -0.511. The highest BCUT2D eigenvalue weighted by Crippen LogP contribution is 2.19. The molecule has 1 aromatic carbocycles. The second-order valence-electron chi connectivity index (χ2n) is 3.95. The number of hydrogen-bond acceptors (Lipinski definition) is 3. The molecule has 0 saturated heterocycles. The predicted octanol–water partition coefficient (Wildman–Crippen LogP) is 2.38. The number of nitrogens with zero attached hydrogens (tertiary/aromatic N) is 1. The highest BCUT2D eigenvalue weighted by Gasteiger charge is 2.31. The van der Waals surface area contributed by atoms with E-state index in [9.17, 15) is 18.0 Å². The van der Waals surface area contributed by atoms with Crippen LogP contribution >= 0.6 is 11.6 Å². The molecule has 0 heterocycles. The maximum Gasteiger partial charge on any atom is 0.401 e. The first-order valence-electron chi connectivity index (χ1n) is 5.51. The van der Waals surface area contributed by atoms with Crippen molar-refractivity contribution in [1.82, 2.24) is 4.90 Å². The summed E-state index contributed by atoms with van der Waals surface area (Å²) in [6.45, 7) is -2.37. The van der Waals surface area contributed by atoms with Gasteiger partial charge in [-0.2, -0.15) is 13.2 Å². The van der Waals surface area contributed by atoms with E-state index in [-0.39, 0.29) is 17.1 Å². The predicted molar refractivity (Wildman–Crippen MR) is 65.4 cm³/mol. The summed E-state index contributed by atoms with van der Waals surface area (Å²) in [6, 6.07) is 6.16. The van der Waals surface area contributed by atoms with E-state index in [1.165, 1.54) is 12.1 Å². The smallest absolute Gasteiger partial charge is 0.395 e. The van der Waals surface area contributed by atoms with Crippen molar-refractivity contribution in [2.24, 2.45) is 0 Å². The number of halogens is 4. The van der Waals surface area contributed by atoms with Crippen LogP contribution in [0.2, 0.25) is 5.02 Å². The van der Waals surface area contributed by atoms with E-state index in [2.05, 4.69) is 0 Å². The van der Waals surface area contributed by atoms with E-state index < -0.39 is 31.7 Å². The number of hydrogen-bond donors (Lipinski definition) is 1. The summed E-state index contributed by atoms with van der Waals surface area (Å²) in [5, 5.41) is 8.92. The third-order valence-corrected chi connectivity index (χ3v) is 2.69. The number of carbonyl (C=O) groups excluding carboxylic acids is 1. The van der Waals surface area contributed by atoms with Crippen molar-refractivity contribution >= 4 is 17.4 Å². The van der Waals surface area contributed by atoms with Crippen LogP contribution in [0.25, 0.3) is 0 Å². The Bertz CT molecular complexity index is 437. The minimum absolute atomic E-state index is 0.175. The number of benzene rings is 1. The Morgan fingerprint density at radius 1 is 1.32 bits per heavy atom. The molecule has 0 atom stereocenters. The molecular formula is C12H13ClF3NO2. The topological polar surface area (TPSA) is 40.5 Å². The lowest BCUT2D eigenvalue weighted by molar-refractivity contribution is -0.145. The Hall–Kier alpha value is -1.11. The van der Waals surface area contributed by atoms with E-state index in [1.54, 1.807) is 12.1 Å². The minimum atomic E-state index is -4.42. The van der Waals surface area contributed by atoms with Gasteiger partial charge in [0, 0.05) is 12.1 Å². The highest BCUT2D eigenvalue weighted by molar-refractivity contribution is 6.34. The van der Waals surface area contributed by atoms with Gasteiger partial charge in [0.1, 0.15) is 0 Å². The Morgan fingerprint density at radius 3 is 2.47 bits per heavy atom. The lowest BCUT2D eigenvalue weighted by atomic mass is 10.1. The molecule has 0 fully saturated rings. The van der Waals surface area contributed by atoms with Crippen LogP contribution in [0.1, 0.15) is 10.4 Å². The Morgan fingerprint density at radius 2 is 1.95 bits per heavy atom. The number of Topliss-reactive ketones (excluding diaryl/α,β-unsaturated/α-hetero) is 1. The van der Waals surface area contributed by atoms with Crippen LogP contribution in [0.4, 0.5) is 13.2 Å². The zero-order valence-electron chi connectivity index (χ0n) is 9.95. The normalized spacial score (nSPS) is 11.9. The Labute approximate surface area is 113 Å². The fraction of sp³-hybridized carbons (Fsp3) is 0.417. The van der Waals surface area contributed by atoms with Crippen molar-refractivity contribution in [2.45, 2.75) is 6.18 Å². The molecule has 1 aromatic rings. The molecule has 0 amide bonds. The Kier molecular flexibility index (Phi) is 5.78. The third-order valence-electron chi connectivity index (χ3n) is 2.36. The van der Waals surface area contributed by atoms with Gasteiger partial charge in [-0.25, -0.2) is 0 Å². The summed E-state index contributed by atoms with van der Waals surface area (Å²) in [4.78, 5) is 12.7. The van der Waals surface area contributed by atoms with Crippen molar-refractivity contribution in [3.8, 4) is 0 Å². The quantitative estimate of drug-likeness (QED) is 0.819. The Balaban J connectivity index is 2.74. The average Bonchev–Trinajstić information content (AvgIpc) is 2.27. The molecule has 0 bridgehead atoms. The van der Waals surface area contributed by atoms with Crippen molar-refractivity contribution in [2.75, 3.05) is 26.2 Å². The van der Waals surface area contributed by atoms with Gasteiger partial charge in [0.15, 0.2) is 5.78 Å². The maximum absolute atomic E-state index is 12.3. The highest BCUT2D eigenvalue weighted by atomic mass is 35.5. The zero-order chi connectivity index (χ0) is 14.5. The lowest BCUT2D eigenvalue weighted by Gasteiger charge is -2.22. The van der Waals surface area contributed by atoms with Crippen LogP contribution in [0.5, 0.6) is 0 Å². The molecular weight excluding hydrogens is 283 g/mol. The summed E-state index contributed by atoms with van der Waals surface area (Å²) in [7, 11) is 0. The molecule has 0 spiro atoms. The number of aliphatic hydroxyl groups is 1. The monoisotopic (exact) mass is 295 g/mol. The fourth-order valence-corrected chi connectivity index (χ4v) is 1.83. The van der Waals surface area contributed by atoms with E-state index in [0.29, 0.717) is 0 Å². The first kappa shape index (κ1) is 15.9. The lowest BCUT2D eigenvalue weighted by Crippen LogP contribution is -2.39. The molecule has 1 N–H and O–H groups in total. The van der Waals surface area contributed by atoms with Crippen LogP contribution < -0.4 is 0 Å². The molecule has 19 heavy (non-hydrogen) atoms. The van der Waals surface area contributed by atoms with Gasteiger partial charge in [0.2, 0.25) is 0 Å². The minimum Gasteiger partial charge on any atom is -0.395 e. The van der Waals surface area contributed by atoms with E-state index in [0.717, 1.165) is 4.90 Å². The third kappa shape index (κ3) is 5.59. The molecule has 1 rings (SSSR count). The van der Waals surface area contributed by atoms with Crippen LogP contribution in [0.3, 0.4) is 0 Å². The standard InChI is InChI=1S/C12H13ClF3NO2/c13-10-4-2-1-3-9(10)11(19)7-17(5-6-18)8-12(14,15)16/h1-4,18H,5-8H2. The fourth-order valence-electron chi connectivity index (χ4n) is 1.58. The summed E-state index contributed by atoms with van der Waals surface area (Å²) in [6.07, 6.45) is -4.42. The van der Waals surface area contributed by atoms with Gasteiger partial charge in [0.25, 0.3) is 0 Å². The molecule has 0 aromatic heterocycles. The van der Waals surface area contributed by atoms with Gasteiger partial charge in [-0.15, -0.1) is 0 Å². The molecule has 0 aliphatic heterocycles. The first-order chi connectivity index (χ1) is 8.83. The van der Waals surface area contributed by atoms with E-state index in [1.807, 2.05) is 0 Å². The molecule has 7 heteroatoms. The first-order valence-corrected chi connectivity index (χ1v) is 5.89. The zero-order valence-corrected chi connectivity index (χ0v) is 10.7. The molecule has 0 unspecified atom stereocenters. The van der Waals surface area contributed by atoms with Crippen molar-refractivity contribution < 1.29 is 23.1 Å². The van der Waals surface area contributed by atoms with Gasteiger partial charge in [0.05, 0.1) is 24.7 Å². The van der Waals surface area contributed by atoms with E-state index in [4.69, 9.17) is 16.7 Å². The van der Waals surface area contributed by atoms with Gasteiger partial charge >= 0.3 is 6.18 Å². The summed E-state index contributed by atoms with van der Waals surface area (Å²) in [5.41, 5.74) is 0.175. The number of alkyl halides is 3. The van der Waals surface area contributed by atoms with Gasteiger partial charge in [-0.3, -0.25) is 9.69 Å². The molecule has 106 valence electrons. The largest absolute Gasteiger partial charge is 0.401 e. The van der Waals surface area contributed by atoms with Gasteiger partial charge in [-0.05, 0) is 12.1 Å². The van der Waals surface area contributed by atoms with Gasteiger partial charge < -0.3 is 5.11 Å². The number of ketones is 1. The molecule has 0 radical (unpaired) electrons. The number of rotatable bonds is 6. The number of carbonyl (C=O) groups is 1. The summed E-state index contributed by atoms with van der Waals surface area (Å²) >= 11 is 5.80. The van der Waals surface area contributed by atoms with Crippen LogP contribution in [0.15, 0.2) is 24.3 Å². The van der Waals surface area contributed by atoms with Gasteiger partial charge in [-0.1, -0.05) is 23.7 Å². The van der Waals surface area contributed by atoms with Crippen molar-refractivity contribution in [3.63, 3.8) is 0 Å². The summed E-state index contributed by atoms with van der Waals surface area (Å²) < 4.78 is 36.9. The number of aliphatic hydroxyl groups excluding tert-OH is 1. The van der Waals surface area contributed by atoms with E-state index >= 15 is 0 Å². The molecule has 0 saturated carbocycles. The second-order valence-corrected chi connectivity index (χ2v) is 4.36. The molecule has 3 nitrogen and oxygen atoms in total. The van der Waals surface area contributed by atoms with Crippen molar-refractivity contribution in [1.29, 1.82) is 0 Å². The van der Waals surface area contributed by atoms with Crippen LogP contribution in [0, 0.1) is 0 Å². The average molecular weight is 296 g/mol. The molecule has 0 aliphatic carbocycles. The molecule has 0 aliphatic rings.